The summed E-state index contributed by atoms with van der Waals surface area (Å²) in [5.74, 6) is 0.248. The summed E-state index contributed by atoms with van der Waals surface area (Å²) in [4.78, 5) is 7.92. The van der Waals surface area contributed by atoms with E-state index in [2.05, 4.69) is 19.8 Å². The molecule has 0 spiro atoms. The highest BCUT2D eigenvalue weighted by atomic mass is 35.5. The number of aromatic nitrogens is 4. The fraction of sp³-hybridized carbons (Fsp3) is 0. The quantitative estimate of drug-likeness (QED) is 0.789. The SMILES string of the molecule is O=S(=O)(/C=C/c1ccccc1Cl)Nc1nc2ncccn2n1. The smallest absolute Gasteiger partial charge is 0.246 e. The number of nitrogens with one attached hydrogen (secondary N) is 1. The summed E-state index contributed by atoms with van der Waals surface area (Å²) in [5.41, 5.74) is 0.596. The Morgan fingerprint density at radius 3 is 2.82 bits per heavy atom. The Morgan fingerprint density at radius 1 is 1.23 bits per heavy atom. The van der Waals surface area contributed by atoms with Crippen molar-refractivity contribution in [1.82, 2.24) is 19.6 Å². The van der Waals surface area contributed by atoms with Gasteiger partial charge in [-0.3, -0.25) is 0 Å². The second kappa shape index (κ2) is 5.74. The molecule has 0 bridgehead atoms. The molecule has 0 saturated carbocycles. The van der Waals surface area contributed by atoms with Crippen molar-refractivity contribution in [1.29, 1.82) is 0 Å². The molecule has 0 aliphatic heterocycles. The normalized spacial score (nSPS) is 12.0. The van der Waals surface area contributed by atoms with E-state index in [1.807, 2.05) is 0 Å². The summed E-state index contributed by atoms with van der Waals surface area (Å²) in [5, 5.41) is 5.43. The van der Waals surface area contributed by atoms with Gasteiger partial charge < -0.3 is 0 Å². The Labute approximate surface area is 131 Å². The lowest BCUT2D eigenvalue weighted by Crippen LogP contribution is -2.10. The van der Waals surface area contributed by atoms with Gasteiger partial charge in [0.25, 0.3) is 21.7 Å². The zero-order valence-corrected chi connectivity index (χ0v) is 12.7. The van der Waals surface area contributed by atoms with Gasteiger partial charge in [-0.25, -0.2) is 22.6 Å². The van der Waals surface area contributed by atoms with Crippen LogP contribution in [0, 0.1) is 0 Å². The molecule has 2 aromatic heterocycles. The Kier molecular flexibility index (Phi) is 3.78. The van der Waals surface area contributed by atoms with Gasteiger partial charge in [0.2, 0.25) is 0 Å². The van der Waals surface area contributed by atoms with E-state index in [-0.39, 0.29) is 5.95 Å². The van der Waals surface area contributed by atoms with Crippen LogP contribution >= 0.6 is 11.6 Å². The Morgan fingerprint density at radius 2 is 2.05 bits per heavy atom. The van der Waals surface area contributed by atoms with Crippen molar-refractivity contribution in [2.75, 3.05) is 4.72 Å². The van der Waals surface area contributed by atoms with E-state index in [4.69, 9.17) is 11.6 Å². The predicted molar refractivity (Wildman–Crippen MR) is 83.8 cm³/mol. The lowest BCUT2D eigenvalue weighted by molar-refractivity contribution is 0.609. The van der Waals surface area contributed by atoms with E-state index in [9.17, 15) is 8.42 Å². The minimum atomic E-state index is -3.75. The van der Waals surface area contributed by atoms with Crippen LogP contribution in [0.25, 0.3) is 11.9 Å². The van der Waals surface area contributed by atoms with Crippen LogP contribution in [0.3, 0.4) is 0 Å². The van der Waals surface area contributed by atoms with Crippen LogP contribution in [0.5, 0.6) is 0 Å². The zero-order valence-electron chi connectivity index (χ0n) is 11.1. The van der Waals surface area contributed by atoms with Gasteiger partial charge in [-0.05, 0) is 23.8 Å². The van der Waals surface area contributed by atoms with Crippen LogP contribution in [0.1, 0.15) is 5.56 Å². The molecule has 3 aromatic rings. The average Bonchev–Trinajstić information content (AvgIpc) is 2.87. The topological polar surface area (TPSA) is 89.2 Å². The van der Waals surface area contributed by atoms with Gasteiger partial charge in [0.1, 0.15) is 0 Å². The minimum Gasteiger partial charge on any atom is -0.246 e. The molecule has 112 valence electrons. The van der Waals surface area contributed by atoms with Gasteiger partial charge in [-0.1, -0.05) is 29.8 Å². The van der Waals surface area contributed by atoms with E-state index in [1.54, 1.807) is 42.7 Å². The average molecular weight is 336 g/mol. The molecule has 0 radical (unpaired) electrons. The van der Waals surface area contributed by atoms with Crippen molar-refractivity contribution in [3.05, 3.63) is 58.7 Å². The summed E-state index contributed by atoms with van der Waals surface area (Å²) in [6, 6.07) is 8.58. The van der Waals surface area contributed by atoms with Crippen LogP contribution in [0.15, 0.2) is 48.1 Å². The van der Waals surface area contributed by atoms with Gasteiger partial charge in [-0.15, -0.1) is 5.10 Å². The Bertz CT molecular complexity index is 919. The zero-order chi connectivity index (χ0) is 15.6. The van der Waals surface area contributed by atoms with Crippen molar-refractivity contribution in [3.63, 3.8) is 0 Å². The summed E-state index contributed by atoms with van der Waals surface area (Å²) >= 11 is 5.96. The van der Waals surface area contributed by atoms with Crippen LogP contribution in [-0.4, -0.2) is 28.0 Å². The first-order valence-corrected chi connectivity index (χ1v) is 8.09. The third-order valence-corrected chi connectivity index (χ3v) is 3.99. The molecule has 0 saturated heterocycles. The lowest BCUT2D eigenvalue weighted by Gasteiger charge is -1.99. The maximum Gasteiger partial charge on any atom is 0.258 e. The largest absolute Gasteiger partial charge is 0.258 e. The van der Waals surface area contributed by atoms with Crippen LogP contribution in [0.4, 0.5) is 5.95 Å². The number of hydrogen-bond acceptors (Lipinski definition) is 5. The summed E-state index contributed by atoms with van der Waals surface area (Å²) in [6.45, 7) is 0. The van der Waals surface area contributed by atoms with Crippen molar-refractivity contribution < 1.29 is 8.42 Å². The summed E-state index contributed by atoms with van der Waals surface area (Å²) in [6.07, 6.45) is 4.56. The maximum absolute atomic E-state index is 12.0. The minimum absolute atomic E-state index is 0.0532. The second-order valence-electron chi connectivity index (χ2n) is 4.27. The van der Waals surface area contributed by atoms with Crippen molar-refractivity contribution >= 4 is 39.4 Å². The molecular formula is C13H10ClN5O2S. The first-order chi connectivity index (χ1) is 10.5. The van der Waals surface area contributed by atoms with Gasteiger partial charge in [-0.2, -0.15) is 4.98 Å². The molecule has 2 heterocycles. The first-order valence-electron chi connectivity index (χ1n) is 6.16. The molecular weight excluding hydrogens is 326 g/mol. The van der Waals surface area contributed by atoms with Crippen molar-refractivity contribution in [2.24, 2.45) is 0 Å². The number of nitrogens with zero attached hydrogens (tertiary/aromatic N) is 4. The van der Waals surface area contributed by atoms with Gasteiger partial charge in [0.15, 0.2) is 0 Å². The Hall–Kier alpha value is -2.45. The molecule has 0 fully saturated rings. The van der Waals surface area contributed by atoms with E-state index < -0.39 is 10.0 Å². The fourth-order valence-corrected chi connectivity index (χ4v) is 2.64. The third-order valence-electron chi connectivity index (χ3n) is 2.68. The van der Waals surface area contributed by atoms with Gasteiger partial charge in [0.05, 0.1) is 5.41 Å². The first kappa shape index (κ1) is 14.5. The van der Waals surface area contributed by atoms with Crippen molar-refractivity contribution in [3.8, 4) is 0 Å². The highest BCUT2D eigenvalue weighted by Gasteiger charge is 2.11. The molecule has 7 nitrogen and oxygen atoms in total. The molecule has 0 amide bonds. The highest BCUT2D eigenvalue weighted by molar-refractivity contribution is 7.95. The highest BCUT2D eigenvalue weighted by Crippen LogP contribution is 2.17. The Balaban J connectivity index is 1.83. The standard InChI is InChI=1S/C13H10ClN5O2S/c14-11-5-2-1-4-10(11)6-9-22(20,21)18-12-16-13-15-7-3-8-19(13)17-12/h1-9H,(H,17,18)/b9-6+. The molecule has 0 aliphatic carbocycles. The fourth-order valence-electron chi connectivity index (χ4n) is 1.71. The molecule has 0 unspecified atom stereocenters. The number of hydrogen-bond donors (Lipinski definition) is 1. The number of halogens is 1. The van der Waals surface area contributed by atoms with Crippen LogP contribution in [-0.2, 0) is 10.0 Å². The lowest BCUT2D eigenvalue weighted by atomic mass is 10.2. The molecule has 1 N–H and O–H groups in total. The van der Waals surface area contributed by atoms with Gasteiger partial charge in [0, 0.05) is 17.4 Å². The van der Waals surface area contributed by atoms with Gasteiger partial charge >= 0.3 is 0 Å². The van der Waals surface area contributed by atoms with E-state index in [1.165, 1.54) is 10.6 Å². The number of benzene rings is 1. The monoisotopic (exact) mass is 335 g/mol. The van der Waals surface area contributed by atoms with Crippen LogP contribution < -0.4 is 4.72 Å². The molecule has 3 rings (SSSR count). The van der Waals surface area contributed by atoms with E-state index >= 15 is 0 Å². The predicted octanol–water partition coefficient (Wildman–Crippen LogP) is 2.19. The molecule has 0 atom stereocenters. The molecule has 0 aliphatic rings. The summed E-state index contributed by atoms with van der Waals surface area (Å²) < 4.78 is 27.6. The molecule has 22 heavy (non-hydrogen) atoms. The van der Waals surface area contributed by atoms with Crippen LogP contribution in [0.2, 0.25) is 5.02 Å². The number of fused-ring (bicyclic) bond motifs is 1. The number of anilines is 1. The third kappa shape index (κ3) is 3.23. The second-order valence-corrected chi connectivity index (χ2v) is 6.24. The maximum atomic E-state index is 12.0. The van der Waals surface area contributed by atoms with E-state index in [0.717, 1.165) is 5.41 Å². The van der Waals surface area contributed by atoms with E-state index in [0.29, 0.717) is 16.4 Å². The number of sulfonamides is 1. The number of rotatable bonds is 4. The molecule has 9 heteroatoms. The van der Waals surface area contributed by atoms with Crippen molar-refractivity contribution in [2.45, 2.75) is 0 Å². The molecule has 1 aromatic carbocycles. The summed E-state index contributed by atoms with van der Waals surface area (Å²) in [7, 11) is -3.75.